The zero-order chi connectivity index (χ0) is 30.7. The molecular formula is C33H37N5O5. The van der Waals surface area contributed by atoms with Gasteiger partial charge in [-0.15, -0.1) is 0 Å². The summed E-state index contributed by atoms with van der Waals surface area (Å²) >= 11 is 0. The molecule has 1 aliphatic heterocycles. The molecule has 1 aromatic heterocycles. The Morgan fingerprint density at radius 3 is 2.35 bits per heavy atom. The minimum absolute atomic E-state index is 0.117. The maximum Gasteiger partial charge on any atom is 0.336 e. The summed E-state index contributed by atoms with van der Waals surface area (Å²) in [7, 11) is 2.15. The number of nitrogens with one attached hydrogen (secondary N) is 2. The van der Waals surface area contributed by atoms with Crippen molar-refractivity contribution in [2.45, 2.75) is 32.9 Å². The highest BCUT2D eigenvalue weighted by Crippen LogP contribution is 2.33. The first-order valence-corrected chi connectivity index (χ1v) is 14.3. The third kappa shape index (κ3) is 6.61. The van der Waals surface area contributed by atoms with Gasteiger partial charge in [0.25, 0.3) is 5.91 Å². The molecule has 2 heterocycles. The third-order valence-electron chi connectivity index (χ3n) is 8.12. The lowest BCUT2D eigenvalue weighted by Crippen LogP contribution is -2.55. The second kappa shape index (κ2) is 12.8. The zero-order valence-corrected chi connectivity index (χ0v) is 24.8. The number of aromatic carboxylic acids is 1. The SMILES string of the molecule is Cc1cc2c(C(=Nc3ccc(C(=O)NOCCN4CC(C)N(C)[C@@H](C)C4)cc3)c3ccccc3)c(O)[nH]c2cc1C(=O)O. The molecule has 5 rings (SSSR count). The minimum atomic E-state index is -1.04. The summed E-state index contributed by atoms with van der Waals surface area (Å²) in [5.41, 5.74) is 6.46. The lowest BCUT2D eigenvalue weighted by molar-refractivity contribution is 0.00386. The number of hydroxylamine groups is 1. The van der Waals surface area contributed by atoms with Crippen molar-refractivity contribution >= 4 is 34.2 Å². The maximum absolute atomic E-state index is 12.7. The van der Waals surface area contributed by atoms with Crippen LogP contribution in [0.5, 0.6) is 5.88 Å². The molecule has 43 heavy (non-hydrogen) atoms. The normalized spacial score (nSPS) is 18.2. The van der Waals surface area contributed by atoms with Crippen LogP contribution in [0.4, 0.5) is 5.69 Å². The Morgan fingerprint density at radius 2 is 1.70 bits per heavy atom. The molecule has 0 bridgehead atoms. The van der Waals surface area contributed by atoms with Crippen molar-refractivity contribution in [3.8, 4) is 5.88 Å². The molecule has 0 radical (unpaired) electrons. The number of hydrogen-bond acceptors (Lipinski definition) is 7. The van der Waals surface area contributed by atoms with Crippen LogP contribution < -0.4 is 5.48 Å². The van der Waals surface area contributed by atoms with E-state index in [0.717, 1.165) is 25.2 Å². The molecule has 10 heteroatoms. The van der Waals surface area contributed by atoms with E-state index in [2.05, 4.69) is 41.2 Å². The summed E-state index contributed by atoms with van der Waals surface area (Å²) < 4.78 is 0. The van der Waals surface area contributed by atoms with Crippen LogP contribution in [-0.4, -0.2) is 88.0 Å². The summed E-state index contributed by atoms with van der Waals surface area (Å²) in [5.74, 6) is -1.51. The number of fused-ring (bicyclic) bond motifs is 1. The minimum Gasteiger partial charge on any atom is -0.494 e. The van der Waals surface area contributed by atoms with E-state index in [1.807, 2.05) is 30.3 Å². The van der Waals surface area contributed by atoms with E-state index in [4.69, 9.17) is 9.83 Å². The van der Waals surface area contributed by atoms with Gasteiger partial charge < -0.3 is 15.2 Å². The Balaban J connectivity index is 1.33. The number of nitrogens with zero attached hydrogens (tertiary/aromatic N) is 3. The van der Waals surface area contributed by atoms with Crippen LogP contribution in [0.2, 0.25) is 0 Å². The fourth-order valence-electron chi connectivity index (χ4n) is 5.53. The van der Waals surface area contributed by atoms with Crippen LogP contribution in [0.25, 0.3) is 10.9 Å². The smallest absolute Gasteiger partial charge is 0.336 e. The molecule has 0 saturated carbocycles. The predicted molar refractivity (Wildman–Crippen MR) is 166 cm³/mol. The average Bonchev–Trinajstić information content (AvgIpc) is 3.31. The third-order valence-corrected chi connectivity index (χ3v) is 8.12. The van der Waals surface area contributed by atoms with Gasteiger partial charge in [0.1, 0.15) is 0 Å². The number of piperazine rings is 1. The van der Waals surface area contributed by atoms with Crippen molar-refractivity contribution in [1.29, 1.82) is 0 Å². The number of amides is 1. The van der Waals surface area contributed by atoms with Gasteiger partial charge in [-0.05, 0) is 69.8 Å². The van der Waals surface area contributed by atoms with Crippen LogP contribution in [0.1, 0.15) is 51.3 Å². The second-order valence-corrected chi connectivity index (χ2v) is 11.1. The van der Waals surface area contributed by atoms with Gasteiger partial charge in [-0.1, -0.05) is 30.3 Å². The van der Waals surface area contributed by atoms with E-state index in [9.17, 15) is 19.8 Å². The number of rotatable bonds is 9. The number of carbonyl (C=O) groups excluding carboxylic acids is 1. The topological polar surface area (TPSA) is 130 Å². The number of carbonyl (C=O) groups is 2. The fraction of sp³-hybridized carbons (Fsp3) is 0.303. The number of carboxylic acid groups (broad SMARTS) is 1. The quantitative estimate of drug-likeness (QED) is 0.127. The monoisotopic (exact) mass is 583 g/mol. The summed E-state index contributed by atoms with van der Waals surface area (Å²) in [6.07, 6.45) is 0. The fourth-order valence-corrected chi connectivity index (χ4v) is 5.53. The summed E-state index contributed by atoms with van der Waals surface area (Å²) in [6, 6.07) is 20.4. The Labute approximate surface area is 250 Å². The van der Waals surface area contributed by atoms with Gasteiger partial charge in [-0.3, -0.25) is 19.4 Å². The molecule has 4 aromatic rings. The van der Waals surface area contributed by atoms with Gasteiger partial charge in [0.2, 0.25) is 0 Å². The van der Waals surface area contributed by atoms with Gasteiger partial charge in [-0.25, -0.2) is 15.3 Å². The number of aromatic hydroxyl groups is 1. The van der Waals surface area contributed by atoms with Crippen molar-refractivity contribution in [2.24, 2.45) is 4.99 Å². The lowest BCUT2D eigenvalue weighted by Gasteiger charge is -2.42. The highest BCUT2D eigenvalue weighted by Gasteiger charge is 2.26. The average molecular weight is 584 g/mol. The molecule has 1 saturated heterocycles. The standard InChI is InChI=1S/C33H37N5O5/c1-20-16-27-28(17-26(20)33(41)42)35-32(40)29(27)30(23-8-6-5-7-9-23)34-25-12-10-24(11-13-25)31(39)36-43-15-14-38-18-21(2)37(4)22(3)19-38/h5-13,16-17,21-22,35,40H,14-15,18-19H2,1-4H3,(H,36,39)(H,41,42)/t21-,22?/m0/s1. The van der Waals surface area contributed by atoms with Gasteiger partial charge >= 0.3 is 5.97 Å². The number of aliphatic imine (C=N–C) groups is 1. The summed E-state index contributed by atoms with van der Waals surface area (Å²) in [5, 5.41) is 21.1. The largest absolute Gasteiger partial charge is 0.494 e. The Bertz CT molecular complexity index is 1640. The molecule has 1 amide bonds. The number of aromatic amines is 1. The molecule has 224 valence electrons. The number of likely N-dealkylation sites (N-methyl/N-ethyl adjacent to an activating group) is 1. The summed E-state index contributed by atoms with van der Waals surface area (Å²) in [4.78, 5) is 42.3. The molecule has 0 spiro atoms. The predicted octanol–water partition coefficient (Wildman–Crippen LogP) is 4.74. The van der Waals surface area contributed by atoms with Gasteiger partial charge in [-0.2, -0.15) is 0 Å². The van der Waals surface area contributed by atoms with Crippen molar-refractivity contribution in [3.63, 3.8) is 0 Å². The van der Waals surface area contributed by atoms with E-state index in [0.29, 0.717) is 57.7 Å². The molecule has 2 atom stereocenters. The molecule has 1 unspecified atom stereocenters. The molecule has 4 N–H and O–H groups in total. The van der Waals surface area contributed by atoms with E-state index in [1.54, 1.807) is 37.3 Å². The number of aryl methyl sites for hydroxylation is 1. The van der Waals surface area contributed by atoms with Crippen LogP contribution >= 0.6 is 0 Å². The Morgan fingerprint density at radius 1 is 1.02 bits per heavy atom. The van der Waals surface area contributed by atoms with Gasteiger partial charge in [0.05, 0.1) is 29.1 Å². The van der Waals surface area contributed by atoms with E-state index in [1.165, 1.54) is 6.07 Å². The lowest BCUT2D eigenvalue weighted by atomic mass is 9.98. The van der Waals surface area contributed by atoms with Gasteiger partial charge in [0, 0.05) is 53.7 Å². The van der Waals surface area contributed by atoms with Gasteiger partial charge in [0.15, 0.2) is 5.88 Å². The molecule has 1 fully saturated rings. The Kier molecular flexibility index (Phi) is 8.91. The van der Waals surface area contributed by atoms with Crippen LogP contribution in [-0.2, 0) is 4.84 Å². The molecule has 3 aromatic carbocycles. The van der Waals surface area contributed by atoms with E-state index >= 15 is 0 Å². The number of carboxylic acids is 1. The highest BCUT2D eigenvalue weighted by molar-refractivity contribution is 6.22. The zero-order valence-electron chi connectivity index (χ0n) is 24.8. The number of hydrogen-bond donors (Lipinski definition) is 4. The first kappa shape index (κ1) is 30.0. The first-order valence-electron chi connectivity index (χ1n) is 14.3. The molecule has 1 aliphatic rings. The number of aromatic nitrogens is 1. The maximum atomic E-state index is 12.7. The number of benzene rings is 3. The second-order valence-electron chi connectivity index (χ2n) is 11.1. The molecule has 10 nitrogen and oxygen atoms in total. The first-order chi connectivity index (χ1) is 20.6. The summed E-state index contributed by atoms with van der Waals surface area (Å²) in [6.45, 7) is 9.19. The number of H-pyrrole nitrogens is 1. The Hall–Kier alpha value is -4.51. The van der Waals surface area contributed by atoms with Crippen molar-refractivity contribution in [3.05, 3.63) is 94.5 Å². The van der Waals surface area contributed by atoms with Crippen LogP contribution in [0, 0.1) is 6.92 Å². The van der Waals surface area contributed by atoms with E-state index < -0.39 is 5.97 Å². The molecular weight excluding hydrogens is 546 g/mol. The van der Waals surface area contributed by atoms with Crippen molar-refractivity contribution in [2.75, 3.05) is 33.3 Å². The van der Waals surface area contributed by atoms with Crippen LogP contribution in [0.3, 0.4) is 0 Å². The highest BCUT2D eigenvalue weighted by atomic mass is 16.7. The van der Waals surface area contributed by atoms with E-state index in [-0.39, 0.29) is 17.4 Å². The molecule has 0 aliphatic carbocycles. The van der Waals surface area contributed by atoms with Crippen molar-refractivity contribution < 1.29 is 24.6 Å². The van der Waals surface area contributed by atoms with Crippen molar-refractivity contribution in [1.82, 2.24) is 20.3 Å². The van der Waals surface area contributed by atoms with Crippen LogP contribution in [0.15, 0.2) is 71.7 Å².